The van der Waals surface area contributed by atoms with E-state index in [0.29, 0.717) is 16.3 Å². The molecule has 0 radical (unpaired) electrons. The molecule has 32 heavy (non-hydrogen) atoms. The summed E-state index contributed by atoms with van der Waals surface area (Å²) in [4.78, 5) is 13.3. The number of hydrogen-bond donors (Lipinski definition) is 1. The fourth-order valence-electron chi connectivity index (χ4n) is 3.51. The van der Waals surface area contributed by atoms with Gasteiger partial charge in [-0.15, -0.1) is 0 Å². The van der Waals surface area contributed by atoms with Crippen molar-refractivity contribution < 1.29 is 23.4 Å². The van der Waals surface area contributed by atoms with E-state index in [-0.39, 0.29) is 28.3 Å². The van der Waals surface area contributed by atoms with Crippen LogP contribution in [0.3, 0.4) is 0 Å². The molecule has 1 unspecified atom stereocenters. The van der Waals surface area contributed by atoms with Gasteiger partial charge in [0.1, 0.15) is 5.82 Å². The van der Waals surface area contributed by atoms with E-state index in [1.165, 1.54) is 61.7 Å². The Hall–Kier alpha value is -3.00. The molecule has 1 aliphatic rings. The summed E-state index contributed by atoms with van der Waals surface area (Å²) >= 11 is 12.3. The maximum absolute atomic E-state index is 14.2. The molecule has 0 aromatic heterocycles. The predicted molar refractivity (Wildman–Crippen MR) is 117 cm³/mol. The van der Waals surface area contributed by atoms with E-state index in [1.54, 1.807) is 0 Å². The molecule has 1 heterocycles. The Morgan fingerprint density at radius 2 is 1.81 bits per heavy atom. The van der Waals surface area contributed by atoms with Crippen LogP contribution < -0.4 is 4.74 Å². The van der Waals surface area contributed by atoms with E-state index in [4.69, 9.17) is 27.9 Å². The molecule has 0 spiro atoms. The van der Waals surface area contributed by atoms with Crippen molar-refractivity contribution in [1.82, 2.24) is 5.01 Å². The Morgan fingerprint density at radius 3 is 2.44 bits per heavy atom. The van der Waals surface area contributed by atoms with Gasteiger partial charge in [0, 0.05) is 22.6 Å². The Bertz CT molecular complexity index is 1230. The molecule has 0 aliphatic carbocycles. The van der Waals surface area contributed by atoms with Crippen molar-refractivity contribution in [3.05, 3.63) is 99.0 Å². The lowest BCUT2D eigenvalue weighted by atomic mass is 9.94. The molecule has 1 atom stereocenters. The lowest BCUT2D eigenvalue weighted by Gasteiger charge is -2.32. The van der Waals surface area contributed by atoms with E-state index in [1.807, 2.05) is 0 Å². The third kappa shape index (κ3) is 3.95. The highest BCUT2D eigenvalue weighted by Crippen LogP contribution is 2.41. The molecule has 3 aromatic rings. The van der Waals surface area contributed by atoms with Gasteiger partial charge in [-0.05, 0) is 48.0 Å². The highest BCUT2D eigenvalue weighted by molar-refractivity contribution is 6.35. The number of benzene rings is 3. The number of aliphatic hydroxyl groups is 1. The fourth-order valence-corrected chi connectivity index (χ4v) is 4.07. The summed E-state index contributed by atoms with van der Waals surface area (Å²) in [5.41, 5.74) is -1.03. The van der Waals surface area contributed by atoms with Crippen LogP contribution in [-0.4, -0.2) is 28.8 Å². The Morgan fingerprint density at radius 1 is 1.09 bits per heavy atom. The van der Waals surface area contributed by atoms with Crippen molar-refractivity contribution in [1.29, 1.82) is 0 Å². The van der Waals surface area contributed by atoms with Crippen LogP contribution in [0.15, 0.2) is 65.8 Å². The molecule has 9 heteroatoms. The highest BCUT2D eigenvalue weighted by atomic mass is 35.5. The van der Waals surface area contributed by atoms with Crippen LogP contribution in [0.4, 0.5) is 8.78 Å². The Balaban J connectivity index is 1.82. The quantitative estimate of drug-likeness (QED) is 0.549. The van der Waals surface area contributed by atoms with Crippen LogP contribution in [0.25, 0.3) is 0 Å². The molecule has 4 rings (SSSR count). The molecule has 1 aliphatic heterocycles. The van der Waals surface area contributed by atoms with Gasteiger partial charge < -0.3 is 9.84 Å². The number of carbonyl (C=O) groups is 1. The first-order valence-corrected chi connectivity index (χ1v) is 10.2. The van der Waals surface area contributed by atoms with Gasteiger partial charge in [-0.3, -0.25) is 4.79 Å². The topological polar surface area (TPSA) is 62.1 Å². The van der Waals surface area contributed by atoms with Gasteiger partial charge in [-0.1, -0.05) is 41.4 Å². The minimum absolute atomic E-state index is 0.0329. The number of halogens is 4. The first-order chi connectivity index (χ1) is 15.2. The van der Waals surface area contributed by atoms with E-state index in [2.05, 4.69) is 5.10 Å². The normalized spacial score (nSPS) is 17.9. The monoisotopic (exact) mass is 476 g/mol. The van der Waals surface area contributed by atoms with Crippen molar-refractivity contribution in [2.24, 2.45) is 5.10 Å². The molecular formula is C23H16Cl2F2N2O3. The number of hydrazone groups is 1. The predicted octanol–water partition coefficient (Wildman–Crippen LogP) is 5.38. The summed E-state index contributed by atoms with van der Waals surface area (Å²) in [6, 6.07) is 13.6. The number of ether oxygens (including phenoxy) is 1. The summed E-state index contributed by atoms with van der Waals surface area (Å²) < 4.78 is 32.5. The standard InChI is InChI=1S/C23H16Cl2F2N2O3/c1-32-21-9-4-14(10-19(21)27)22(30)29-23(31,17-8-5-15(24)11-18(17)25)12-20(28-29)13-2-6-16(26)7-3-13/h2-11,31H,12H2,1H3. The highest BCUT2D eigenvalue weighted by Gasteiger charge is 2.47. The smallest absolute Gasteiger partial charge is 0.277 e. The van der Waals surface area contributed by atoms with Gasteiger partial charge in [-0.2, -0.15) is 10.1 Å². The number of carbonyl (C=O) groups excluding carboxylic acids is 1. The number of amides is 1. The Labute approximate surface area is 192 Å². The van der Waals surface area contributed by atoms with Gasteiger partial charge in [0.15, 0.2) is 17.3 Å². The minimum Gasteiger partial charge on any atom is -0.494 e. The molecule has 0 saturated carbocycles. The van der Waals surface area contributed by atoms with Crippen LogP contribution in [-0.2, 0) is 5.72 Å². The number of rotatable bonds is 4. The van der Waals surface area contributed by atoms with Crippen molar-refractivity contribution in [3.63, 3.8) is 0 Å². The lowest BCUT2D eigenvalue weighted by Crippen LogP contribution is -2.43. The molecular weight excluding hydrogens is 461 g/mol. The SMILES string of the molecule is COc1ccc(C(=O)N2N=C(c3ccc(F)cc3)CC2(O)c2ccc(Cl)cc2Cl)cc1F. The second-order valence-electron chi connectivity index (χ2n) is 7.14. The summed E-state index contributed by atoms with van der Waals surface area (Å²) in [6.07, 6.45) is -0.135. The van der Waals surface area contributed by atoms with Gasteiger partial charge in [-0.25, -0.2) is 8.78 Å². The number of methoxy groups -OCH3 is 1. The maximum Gasteiger partial charge on any atom is 0.277 e. The molecule has 0 saturated heterocycles. The van der Waals surface area contributed by atoms with Gasteiger partial charge in [0.25, 0.3) is 5.91 Å². The molecule has 3 aromatic carbocycles. The summed E-state index contributed by atoms with van der Waals surface area (Å²) in [5.74, 6) is -1.98. The fraction of sp³-hybridized carbons (Fsp3) is 0.130. The van der Waals surface area contributed by atoms with Crippen LogP contribution in [0.1, 0.15) is 27.9 Å². The summed E-state index contributed by atoms with van der Waals surface area (Å²) in [7, 11) is 1.31. The molecule has 0 fully saturated rings. The summed E-state index contributed by atoms with van der Waals surface area (Å²) in [6.45, 7) is 0. The van der Waals surface area contributed by atoms with Crippen LogP contribution in [0.2, 0.25) is 10.0 Å². The van der Waals surface area contributed by atoms with E-state index in [0.717, 1.165) is 11.1 Å². The van der Waals surface area contributed by atoms with E-state index < -0.39 is 23.3 Å². The van der Waals surface area contributed by atoms with Gasteiger partial charge >= 0.3 is 0 Å². The molecule has 5 nitrogen and oxygen atoms in total. The van der Waals surface area contributed by atoms with Gasteiger partial charge in [0.2, 0.25) is 0 Å². The third-order valence-corrected chi connectivity index (χ3v) is 5.66. The largest absolute Gasteiger partial charge is 0.494 e. The molecule has 1 N–H and O–H groups in total. The van der Waals surface area contributed by atoms with Crippen molar-refractivity contribution in [2.45, 2.75) is 12.1 Å². The lowest BCUT2D eigenvalue weighted by molar-refractivity contribution is -0.0764. The van der Waals surface area contributed by atoms with Crippen molar-refractivity contribution >= 4 is 34.8 Å². The summed E-state index contributed by atoms with van der Waals surface area (Å²) in [5, 5.41) is 17.3. The van der Waals surface area contributed by atoms with Crippen molar-refractivity contribution in [2.75, 3.05) is 7.11 Å². The average Bonchev–Trinajstić information content (AvgIpc) is 3.11. The van der Waals surface area contributed by atoms with Crippen LogP contribution >= 0.6 is 23.2 Å². The number of nitrogens with zero attached hydrogens (tertiary/aromatic N) is 2. The second-order valence-corrected chi connectivity index (χ2v) is 7.98. The molecule has 0 bridgehead atoms. The number of hydrogen-bond acceptors (Lipinski definition) is 4. The van der Waals surface area contributed by atoms with Crippen molar-refractivity contribution in [3.8, 4) is 5.75 Å². The first-order valence-electron chi connectivity index (χ1n) is 9.42. The van der Waals surface area contributed by atoms with Gasteiger partial charge in [0.05, 0.1) is 17.8 Å². The van der Waals surface area contributed by atoms with E-state index >= 15 is 0 Å². The maximum atomic E-state index is 14.2. The zero-order chi connectivity index (χ0) is 23.0. The van der Waals surface area contributed by atoms with Crippen LogP contribution in [0, 0.1) is 11.6 Å². The van der Waals surface area contributed by atoms with E-state index in [9.17, 15) is 18.7 Å². The minimum atomic E-state index is -1.99. The molecule has 164 valence electrons. The zero-order valence-electron chi connectivity index (χ0n) is 16.7. The molecule has 1 amide bonds. The Kier molecular flexibility index (Phi) is 5.90. The van der Waals surface area contributed by atoms with Crippen LogP contribution in [0.5, 0.6) is 5.75 Å². The average molecular weight is 477 g/mol. The second kappa shape index (κ2) is 8.50. The third-order valence-electron chi connectivity index (χ3n) is 5.12. The first kappa shape index (κ1) is 22.2. The zero-order valence-corrected chi connectivity index (χ0v) is 18.2.